The molecule has 1 saturated heterocycles. The SMILES string of the molecule is COc1ccc(CN2CCN(Cc3ccccc3[N+](=O)[O-])CC2)cc1. The first-order valence-electron chi connectivity index (χ1n) is 8.45. The van der Waals surface area contributed by atoms with Crippen LogP contribution in [0, 0.1) is 10.1 Å². The van der Waals surface area contributed by atoms with E-state index in [1.807, 2.05) is 24.3 Å². The van der Waals surface area contributed by atoms with Gasteiger partial charge < -0.3 is 4.74 Å². The summed E-state index contributed by atoms with van der Waals surface area (Å²) in [7, 11) is 1.67. The Balaban J connectivity index is 1.52. The molecule has 2 aromatic rings. The van der Waals surface area contributed by atoms with Crippen LogP contribution in [0.3, 0.4) is 0 Å². The molecule has 0 amide bonds. The predicted molar refractivity (Wildman–Crippen MR) is 96.6 cm³/mol. The standard InChI is InChI=1S/C19H23N3O3/c1-25-18-8-6-16(7-9-18)14-20-10-12-21(13-11-20)15-17-4-2-3-5-19(17)22(23)24/h2-9H,10-15H2,1H3. The van der Waals surface area contributed by atoms with Gasteiger partial charge in [0.1, 0.15) is 5.75 Å². The van der Waals surface area contributed by atoms with E-state index >= 15 is 0 Å². The minimum Gasteiger partial charge on any atom is -0.497 e. The van der Waals surface area contributed by atoms with Gasteiger partial charge in [-0.15, -0.1) is 0 Å². The van der Waals surface area contributed by atoms with Crippen molar-refractivity contribution in [3.63, 3.8) is 0 Å². The van der Waals surface area contributed by atoms with Gasteiger partial charge >= 0.3 is 0 Å². The molecular formula is C19H23N3O3. The van der Waals surface area contributed by atoms with Crippen molar-refractivity contribution in [1.29, 1.82) is 0 Å². The van der Waals surface area contributed by atoms with Crippen LogP contribution >= 0.6 is 0 Å². The van der Waals surface area contributed by atoms with Gasteiger partial charge in [0, 0.05) is 50.9 Å². The molecule has 0 aromatic heterocycles. The maximum Gasteiger partial charge on any atom is 0.273 e. The molecule has 0 saturated carbocycles. The molecule has 6 heteroatoms. The molecule has 0 unspecified atom stereocenters. The van der Waals surface area contributed by atoms with Crippen LogP contribution in [0.5, 0.6) is 5.75 Å². The Labute approximate surface area is 147 Å². The van der Waals surface area contributed by atoms with Crippen molar-refractivity contribution >= 4 is 5.69 Å². The Hall–Kier alpha value is -2.44. The van der Waals surface area contributed by atoms with Gasteiger partial charge in [-0.05, 0) is 17.7 Å². The number of hydrogen-bond acceptors (Lipinski definition) is 5. The number of rotatable bonds is 6. The molecule has 1 heterocycles. The molecule has 6 nitrogen and oxygen atoms in total. The number of para-hydroxylation sites is 1. The van der Waals surface area contributed by atoms with Crippen LogP contribution in [-0.4, -0.2) is 48.0 Å². The second-order valence-corrected chi connectivity index (χ2v) is 6.29. The lowest BCUT2D eigenvalue weighted by molar-refractivity contribution is -0.385. The molecule has 0 bridgehead atoms. The quantitative estimate of drug-likeness (QED) is 0.597. The monoisotopic (exact) mass is 341 g/mol. The number of benzene rings is 2. The summed E-state index contributed by atoms with van der Waals surface area (Å²) in [6, 6.07) is 15.2. The molecule has 25 heavy (non-hydrogen) atoms. The van der Waals surface area contributed by atoms with Crippen molar-refractivity contribution in [2.45, 2.75) is 13.1 Å². The normalized spacial score (nSPS) is 15.9. The van der Waals surface area contributed by atoms with Crippen LogP contribution < -0.4 is 4.74 Å². The van der Waals surface area contributed by atoms with Gasteiger partial charge in [0.05, 0.1) is 12.0 Å². The highest BCUT2D eigenvalue weighted by Crippen LogP contribution is 2.20. The zero-order valence-corrected chi connectivity index (χ0v) is 14.4. The van der Waals surface area contributed by atoms with Crippen molar-refractivity contribution in [1.82, 2.24) is 9.80 Å². The first-order chi connectivity index (χ1) is 12.2. The highest BCUT2D eigenvalue weighted by Gasteiger charge is 2.20. The smallest absolute Gasteiger partial charge is 0.273 e. The molecule has 132 valence electrons. The Morgan fingerprint density at radius 1 is 0.960 bits per heavy atom. The lowest BCUT2D eigenvalue weighted by Crippen LogP contribution is -2.45. The Bertz CT molecular complexity index is 710. The highest BCUT2D eigenvalue weighted by molar-refractivity contribution is 5.39. The first kappa shape index (κ1) is 17.4. The van der Waals surface area contributed by atoms with Gasteiger partial charge in [0.15, 0.2) is 0 Å². The fourth-order valence-corrected chi connectivity index (χ4v) is 3.16. The summed E-state index contributed by atoms with van der Waals surface area (Å²) in [4.78, 5) is 15.5. The van der Waals surface area contributed by atoms with Gasteiger partial charge in [-0.25, -0.2) is 0 Å². The second kappa shape index (κ2) is 8.09. The largest absolute Gasteiger partial charge is 0.497 e. The maximum atomic E-state index is 11.1. The van der Waals surface area contributed by atoms with Crippen LogP contribution in [-0.2, 0) is 13.1 Å². The summed E-state index contributed by atoms with van der Waals surface area (Å²) in [5, 5.41) is 11.1. The highest BCUT2D eigenvalue weighted by atomic mass is 16.6. The first-order valence-corrected chi connectivity index (χ1v) is 8.45. The summed E-state index contributed by atoms with van der Waals surface area (Å²) in [5.41, 5.74) is 2.27. The lowest BCUT2D eigenvalue weighted by atomic mass is 10.1. The van der Waals surface area contributed by atoms with Crippen molar-refractivity contribution in [3.05, 3.63) is 69.8 Å². The van der Waals surface area contributed by atoms with Crippen molar-refractivity contribution in [2.24, 2.45) is 0 Å². The fraction of sp³-hybridized carbons (Fsp3) is 0.368. The summed E-state index contributed by atoms with van der Waals surface area (Å²) in [5.74, 6) is 0.873. The molecule has 1 aliphatic heterocycles. The van der Waals surface area contributed by atoms with Crippen LogP contribution in [0.2, 0.25) is 0 Å². The van der Waals surface area contributed by atoms with Crippen LogP contribution in [0.4, 0.5) is 5.69 Å². The van der Waals surface area contributed by atoms with E-state index in [2.05, 4.69) is 21.9 Å². The number of hydrogen-bond donors (Lipinski definition) is 0. The minimum absolute atomic E-state index is 0.211. The molecular weight excluding hydrogens is 318 g/mol. The molecule has 3 rings (SSSR count). The third kappa shape index (κ3) is 4.55. The van der Waals surface area contributed by atoms with Crippen LogP contribution in [0.15, 0.2) is 48.5 Å². The Morgan fingerprint density at radius 2 is 1.56 bits per heavy atom. The molecule has 1 fully saturated rings. The van der Waals surface area contributed by atoms with Crippen molar-refractivity contribution in [3.8, 4) is 5.75 Å². The molecule has 0 radical (unpaired) electrons. The zero-order valence-electron chi connectivity index (χ0n) is 14.4. The molecule has 2 aromatic carbocycles. The van der Waals surface area contributed by atoms with Crippen molar-refractivity contribution in [2.75, 3.05) is 33.3 Å². The molecule has 0 spiro atoms. The topological polar surface area (TPSA) is 58.8 Å². The van der Waals surface area contributed by atoms with Gasteiger partial charge in [-0.1, -0.05) is 30.3 Å². The number of nitrogens with zero attached hydrogens (tertiary/aromatic N) is 3. The lowest BCUT2D eigenvalue weighted by Gasteiger charge is -2.34. The molecule has 0 N–H and O–H groups in total. The number of nitro benzene ring substituents is 1. The van der Waals surface area contributed by atoms with Crippen molar-refractivity contribution < 1.29 is 9.66 Å². The number of ether oxygens (including phenoxy) is 1. The fourth-order valence-electron chi connectivity index (χ4n) is 3.16. The van der Waals surface area contributed by atoms with Gasteiger partial charge in [0.25, 0.3) is 5.69 Å². The average Bonchev–Trinajstić information content (AvgIpc) is 2.64. The predicted octanol–water partition coefficient (Wildman–Crippen LogP) is 2.92. The van der Waals surface area contributed by atoms with E-state index in [-0.39, 0.29) is 10.6 Å². The van der Waals surface area contributed by atoms with Gasteiger partial charge in [-0.3, -0.25) is 19.9 Å². The van der Waals surface area contributed by atoms with E-state index in [4.69, 9.17) is 4.74 Å². The van der Waals surface area contributed by atoms with E-state index in [1.165, 1.54) is 5.56 Å². The van der Waals surface area contributed by atoms with E-state index in [9.17, 15) is 10.1 Å². The number of piperazine rings is 1. The van der Waals surface area contributed by atoms with Gasteiger partial charge in [-0.2, -0.15) is 0 Å². The Kier molecular flexibility index (Phi) is 5.63. The minimum atomic E-state index is -0.296. The summed E-state index contributed by atoms with van der Waals surface area (Å²) < 4.78 is 5.19. The van der Waals surface area contributed by atoms with Crippen LogP contribution in [0.1, 0.15) is 11.1 Å². The van der Waals surface area contributed by atoms with E-state index in [1.54, 1.807) is 19.2 Å². The molecule has 0 atom stereocenters. The molecule has 0 aliphatic carbocycles. The third-order valence-electron chi connectivity index (χ3n) is 4.61. The molecule has 1 aliphatic rings. The maximum absolute atomic E-state index is 11.1. The summed E-state index contributed by atoms with van der Waals surface area (Å²) >= 11 is 0. The van der Waals surface area contributed by atoms with E-state index < -0.39 is 0 Å². The van der Waals surface area contributed by atoms with E-state index in [0.29, 0.717) is 6.54 Å². The van der Waals surface area contributed by atoms with Crippen LogP contribution in [0.25, 0.3) is 0 Å². The third-order valence-corrected chi connectivity index (χ3v) is 4.61. The zero-order chi connectivity index (χ0) is 17.6. The van der Waals surface area contributed by atoms with Gasteiger partial charge in [0.2, 0.25) is 0 Å². The number of methoxy groups -OCH3 is 1. The summed E-state index contributed by atoms with van der Waals surface area (Å²) in [6.07, 6.45) is 0. The average molecular weight is 341 g/mol. The number of nitro groups is 1. The second-order valence-electron chi connectivity index (χ2n) is 6.29. The Morgan fingerprint density at radius 3 is 2.16 bits per heavy atom. The van der Waals surface area contributed by atoms with E-state index in [0.717, 1.165) is 44.0 Å². The summed E-state index contributed by atoms with van der Waals surface area (Å²) in [6.45, 7) is 5.32.